The second kappa shape index (κ2) is 7.51. The van der Waals surface area contributed by atoms with Crippen LogP contribution in [-0.2, 0) is 19.6 Å². The average molecular weight is 340 g/mol. The van der Waals surface area contributed by atoms with Gasteiger partial charge in [-0.1, -0.05) is 24.6 Å². The Morgan fingerprint density at radius 1 is 1.04 bits per heavy atom. The number of aromatic nitrogens is 1. The molecule has 0 aliphatic carbocycles. The first-order valence-electron chi connectivity index (χ1n) is 8.93. The Labute approximate surface area is 147 Å². The topological polar surface area (TPSA) is 31.1 Å². The van der Waals surface area contributed by atoms with Crippen LogP contribution in [-0.4, -0.2) is 23.0 Å². The summed E-state index contributed by atoms with van der Waals surface area (Å²) in [5.74, 6) is 0. The zero-order valence-electron chi connectivity index (χ0n) is 14.1. The third kappa shape index (κ3) is 3.89. The molecule has 0 unspecified atom stereocenters. The summed E-state index contributed by atoms with van der Waals surface area (Å²) < 4.78 is 0. The van der Waals surface area contributed by atoms with E-state index in [2.05, 4.69) is 57.0 Å². The zero-order valence-corrected chi connectivity index (χ0v) is 14.9. The minimum absolute atomic E-state index is 0.883. The van der Waals surface area contributed by atoms with Gasteiger partial charge in [0.15, 0.2) is 0 Å². The predicted octanol–water partition coefficient (Wildman–Crippen LogP) is 4.51. The molecule has 0 spiro atoms. The first-order chi connectivity index (χ1) is 11.9. The lowest BCUT2D eigenvalue weighted by Gasteiger charge is -2.25. The highest BCUT2D eigenvalue weighted by Crippen LogP contribution is 2.19. The molecule has 3 heterocycles. The molecule has 4 heteroatoms. The van der Waals surface area contributed by atoms with Gasteiger partial charge in [-0.3, -0.25) is 4.90 Å². The number of likely N-dealkylation sites (tertiary alicyclic amines) is 1. The fraction of sp³-hybridized carbons (Fsp3) is 0.400. The van der Waals surface area contributed by atoms with E-state index >= 15 is 0 Å². The molecule has 1 fully saturated rings. The van der Waals surface area contributed by atoms with E-state index in [1.807, 2.05) is 11.3 Å². The molecule has 1 aromatic carbocycles. The lowest BCUT2D eigenvalue weighted by Crippen LogP contribution is -2.28. The second-order valence-corrected chi connectivity index (χ2v) is 7.74. The van der Waals surface area contributed by atoms with E-state index in [-0.39, 0.29) is 0 Å². The van der Waals surface area contributed by atoms with Crippen molar-refractivity contribution in [2.75, 3.05) is 13.1 Å². The molecule has 3 nitrogen and oxygen atoms in total. The van der Waals surface area contributed by atoms with Gasteiger partial charge in [0.25, 0.3) is 0 Å². The summed E-state index contributed by atoms with van der Waals surface area (Å²) in [7, 11) is 0. The molecule has 0 radical (unpaired) electrons. The van der Waals surface area contributed by atoms with Crippen molar-refractivity contribution in [1.29, 1.82) is 0 Å². The molecule has 0 saturated carbocycles. The van der Waals surface area contributed by atoms with Crippen molar-refractivity contribution in [3.8, 4) is 0 Å². The van der Waals surface area contributed by atoms with Crippen LogP contribution in [0.2, 0.25) is 0 Å². The lowest BCUT2D eigenvalue weighted by molar-refractivity contribution is 0.221. The Bertz CT molecular complexity index is 750. The fourth-order valence-corrected chi connectivity index (χ4v) is 4.38. The van der Waals surface area contributed by atoms with Crippen LogP contribution in [0.3, 0.4) is 0 Å². The molecule has 24 heavy (non-hydrogen) atoms. The van der Waals surface area contributed by atoms with E-state index in [0.29, 0.717) is 0 Å². The van der Waals surface area contributed by atoms with Gasteiger partial charge in [0, 0.05) is 35.7 Å². The number of para-hydroxylation sites is 1. The highest BCUT2D eigenvalue weighted by molar-refractivity contribution is 7.10. The van der Waals surface area contributed by atoms with Crippen LogP contribution in [0.25, 0.3) is 10.9 Å². The summed E-state index contributed by atoms with van der Waals surface area (Å²) in [6.07, 6.45) is 4.13. The second-order valence-electron chi connectivity index (χ2n) is 6.74. The summed E-state index contributed by atoms with van der Waals surface area (Å²) in [6.45, 7) is 5.49. The van der Waals surface area contributed by atoms with Crippen LogP contribution in [0.15, 0.2) is 41.8 Å². The number of piperidine rings is 1. The molecule has 2 aromatic heterocycles. The molecule has 0 bridgehead atoms. The van der Waals surface area contributed by atoms with Gasteiger partial charge in [0.2, 0.25) is 0 Å². The average Bonchev–Trinajstić information content (AvgIpc) is 3.22. The number of hydrogen-bond acceptors (Lipinski definition) is 3. The maximum Gasteiger partial charge on any atom is 0.0456 e. The standard InChI is InChI=1S/C20H25N3S/c1-4-8-23(9-5-1)14-16-10-19(24-15-16)13-21-12-18-11-17-6-2-3-7-20(17)22-18/h2-3,6-7,10-11,15,21-22H,1,4-5,8-9,12-14H2. The van der Waals surface area contributed by atoms with Crippen molar-refractivity contribution < 1.29 is 0 Å². The third-order valence-corrected chi connectivity index (χ3v) is 5.75. The highest BCUT2D eigenvalue weighted by Gasteiger charge is 2.11. The van der Waals surface area contributed by atoms with E-state index in [0.717, 1.165) is 19.6 Å². The number of thiophene rings is 1. The molecule has 2 N–H and O–H groups in total. The molecule has 1 aliphatic heterocycles. The lowest BCUT2D eigenvalue weighted by atomic mass is 10.1. The molecule has 1 aliphatic rings. The molecule has 0 amide bonds. The monoisotopic (exact) mass is 339 g/mol. The molecule has 0 atom stereocenters. The number of fused-ring (bicyclic) bond motifs is 1. The maximum atomic E-state index is 3.56. The van der Waals surface area contributed by atoms with Gasteiger partial charge in [-0.2, -0.15) is 0 Å². The van der Waals surface area contributed by atoms with Crippen molar-refractivity contribution in [1.82, 2.24) is 15.2 Å². The summed E-state index contributed by atoms with van der Waals surface area (Å²) in [5.41, 5.74) is 3.94. The highest BCUT2D eigenvalue weighted by atomic mass is 32.1. The van der Waals surface area contributed by atoms with E-state index < -0.39 is 0 Å². The van der Waals surface area contributed by atoms with Crippen LogP contribution in [0.1, 0.15) is 35.4 Å². The minimum atomic E-state index is 0.883. The van der Waals surface area contributed by atoms with Gasteiger partial charge < -0.3 is 10.3 Å². The smallest absolute Gasteiger partial charge is 0.0456 e. The largest absolute Gasteiger partial charge is 0.357 e. The van der Waals surface area contributed by atoms with E-state index in [1.165, 1.54) is 59.4 Å². The van der Waals surface area contributed by atoms with Crippen LogP contribution in [0.4, 0.5) is 0 Å². The molecular weight excluding hydrogens is 314 g/mol. The maximum absolute atomic E-state index is 3.56. The van der Waals surface area contributed by atoms with Gasteiger partial charge in [0.1, 0.15) is 0 Å². The summed E-state index contributed by atoms with van der Waals surface area (Å²) in [4.78, 5) is 7.49. The van der Waals surface area contributed by atoms with Crippen LogP contribution >= 0.6 is 11.3 Å². The quantitative estimate of drug-likeness (QED) is 0.692. The van der Waals surface area contributed by atoms with Crippen LogP contribution in [0.5, 0.6) is 0 Å². The molecule has 126 valence electrons. The summed E-state index contributed by atoms with van der Waals surface area (Å²) in [5, 5.41) is 7.18. The summed E-state index contributed by atoms with van der Waals surface area (Å²) >= 11 is 1.88. The number of rotatable bonds is 6. The zero-order chi connectivity index (χ0) is 16.2. The Hall–Kier alpha value is -1.62. The van der Waals surface area contributed by atoms with Crippen LogP contribution < -0.4 is 5.32 Å². The number of H-pyrrole nitrogens is 1. The van der Waals surface area contributed by atoms with E-state index in [9.17, 15) is 0 Å². The van der Waals surface area contributed by atoms with Crippen molar-refractivity contribution in [2.24, 2.45) is 0 Å². The number of benzene rings is 1. The molecular formula is C20H25N3S. The van der Waals surface area contributed by atoms with E-state index in [1.54, 1.807) is 0 Å². The number of hydrogen-bond donors (Lipinski definition) is 2. The van der Waals surface area contributed by atoms with Gasteiger partial charge in [-0.25, -0.2) is 0 Å². The predicted molar refractivity (Wildman–Crippen MR) is 102 cm³/mol. The third-order valence-electron chi connectivity index (χ3n) is 4.76. The van der Waals surface area contributed by atoms with Crippen molar-refractivity contribution >= 4 is 22.2 Å². The fourth-order valence-electron chi connectivity index (χ4n) is 3.53. The summed E-state index contributed by atoms with van der Waals surface area (Å²) in [6, 6.07) is 13.1. The van der Waals surface area contributed by atoms with Gasteiger partial charge in [0.05, 0.1) is 0 Å². The van der Waals surface area contributed by atoms with Gasteiger partial charge in [-0.15, -0.1) is 11.3 Å². The SMILES string of the molecule is c1ccc2[nH]c(CNCc3cc(CN4CCCCC4)cs3)cc2c1. The first kappa shape index (κ1) is 15.9. The number of aromatic amines is 1. The normalized spacial score (nSPS) is 16.0. The Kier molecular flexibility index (Phi) is 4.97. The Balaban J connectivity index is 1.28. The first-order valence-corrected chi connectivity index (χ1v) is 9.81. The van der Waals surface area contributed by atoms with Crippen LogP contribution in [0, 0.1) is 0 Å². The number of nitrogens with zero attached hydrogens (tertiary/aromatic N) is 1. The molecule has 1 saturated heterocycles. The van der Waals surface area contributed by atoms with Crippen molar-refractivity contribution in [3.05, 3.63) is 57.9 Å². The Morgan fingerprint density at radius 2 is 1.92 bits per heavy atom. The van der Waals surface area contributed by atoms with Gasteiger partial charge in [-0.05, 0) is 60.5 Å². The van der Waals surface area contributed by atoms with Gasteiger partial charge >= 0.3 is 0 Å². The van der Waals surface area contributed by atoms with Crippen molar-refractivity contribution in [2.45, 2.75) is 38.9 Å². The molecule has 3 aromatic rings. The van der Waals surface area contributed by atoms with E-state index in [4.69, 9.17) is 0 Å². The van der Waals surface area contributed by atoms with Crippen molar-refractivity contribution in [3.63, 3.8) is 0 Å². The number of nitrogens with one attached hydrogen (secondary N) is 2. The minimum Gasteiger partial charge on any atom is -0.357 e. The molecule has 4 rings (SSSR count). The Morgan fingerprint density at radius 3 is 2.79 bits per heavy atom.